The molecule has 0 spiro atoms. The molecule has 3 rings (SSSR count). The smallest absolute Gasteiger partial charge is 0.293 e. The Morgan fingerprint density at radius 3 is 2.32 bits per heavy atom. The van der Waals surface area contributed by atoms with Crippen molar-refractivity contribution >= 4 is 29.0 Å². The van der Waals surface area contributed by atoms with E-state index in [1.54, 1.807) is 13.0 Å². The topological polar surface area (TPSA) is 46.6 Å². The zero-order valence-electron chi connectivity index (χ0n) is 14.2. The van der Waals surface area contributed by atoms with Crippen LogP contribution in [-0.4, -0.2) is 22.6 Å². The molecule has 128 valence electrons. The molecular weight excluding hydrogens is 334 g/mol. The highest BCUT2D eigenvalue weighted by molar-refractivity contribution is 8.18. The monoisotopic (exact) mass is 353 g/mol. The minimum Gasteiger partial charge on any atom is -0.489 e. The van der Waals surface area contributed by atoms with E-state index in [2.05, 4.69) is 19.1 Å². The van der Waals surface area contributed by atoms with Gasteiger partial charge in [-0.05, 0) is 54.9 Å². The van der Waals surface area contributed by atoms with Crippen molar-refractivity contribution in [1.82, 2.24) is 4.90 Å². The summed E-state index contributed by atoms with van der Waals surface area (Å²) in [5, 5.41) is -0.211. The molecule has 2 amide bonds. The average molecular weight is 353 g/mol. The summed E-state index contributed by atoms with van der Waals surface area (Å²) in [6.07, 6.45) is 1.74. The molecule has 5 heteroatoms. The zero-order chi connectivity index (χ0) is 17.8. The van der Waals surface area contributed by atoms with Gasteiger partial charge in [0.1, 0.15) is 12.4 Å². The average Bonchev–Trinajstić information content (AvgIpc) is 2.88. The van der Waals surface area contributed by atoms with Crippen LogP contribution in [0.2, 0.25) is 0 Å². The zero-order valence-corrected chi connectivity index (χ0v) is 15.0. The van der Waals surface area contributed by atoms with Crippen LogP contribution in [0.15, 0.2) is 53.4 Å². The van der Waals surface area contributed by atoms with E-state index in [4.69, 9.17) is 4.74 Å². The first-order chi connectivity index (χ1) is 12.1. The van der Waals surface area contributed by atoms with Gasteiger partial charge in [-0.25, -0.2) is 0 Å². The van der Waals surface area contributed by atoms with E-state index in [-0.39, 0.29) is 11.1 Å². The van der Waals surface area contributed by atoms with E-state index in [1.165, 1.54) is 10.5 Å². The van der Waals surface area contributed by atoms with Gasteiger partial charge in [0.15, 0.2) is 0 Å². The Bertz CT molecular complexity index is 810. The molecule has 1 fully saturated rings. The second-order valence-corrected chi connectivity index (χ2v) is 6.76. The van der Waals surface area contributed by atoms with E-state index in [0.29, 0.717) is 18.1 Å². The van der Waals surface area contributed by atoms with Gasteiger partial charge in [0.05, 0.1) is 4.91 Å². The van der Waals surface area contributed by atoms with Crippen LogP contribution in [0.4, 0.5) is 4.79 Å². The summed E-state index contributed by atoms with van der Waals surface area (Å²) in [4.78, 5) is 25.5. The van der Waals surface area contributed by atoms with Crippen molar-refractivity contribution in [2.45, 2.75) is 20.5 Å². The first-order valence-corrected chi connectivity index (χ1v) is 8.92. The van der Waals surface area contributed by atoms with Gasteiger partial charge < -0.3 is 4.74 Å². The lowest BCUT2D eigenvalue weighted by Crippen LogP contribution is -2.27. The molecule has 0 radical (unpaired) electrons. The van der Waals surface area contributed by atoms with Crippen molar-refractivity contribution in [2.75, 3.05) is 6.54 Å². The Hall–Kier alpha value is -2.53. The Morgan fingerprint density at radius 1 is 1.04 bits per heavy atom. The second kappa shape index (κ2) is 7.57. The van der Waals surface area contributed by atoms with Gasteiger partial charge in [-0.1, -0.05) is 42.0 Å². The SMILES string of the molecule is CCN1C(=O)SC(=Cc2ccc(OCc3ccc(C)cc3)cc2)C1=O. The number of carbonyl (C=O) groups excluding carboxylic acids is 2. The number of likely N-dealkylation sites (N-methyl/N-ethyl adjacent to an activating group) is 1. The number of thioether (sulfide) groups is 1. The number of aryl methyl sites for hydroxylation is 1. The Morgan fingerprint density at radius 2 is 1.72 bits per heavy atom. The first kappa shape index (κ1) is 17.3. The van der Waals surface area contributed by atoms with E-state index in [0.717, 1.165) is 28.6 Å². The molecular formula is C20H19NO3S. The van der Waals surface area contributed by atoms with Crippen LogP contribution >= 0.6 is 11.8 Å². The van der Waals surface area contributed by atoms with Gasteiger partial charge in [-0.15, -0.1) is 0 Å². The minimum atomic E-state index is -0.225. The first-order valence-electron chi connectivity index (χ1n) is 8.10. The van der Waals surface area contributed by atoms with Crippen LogP contribution < -0.4 is 4.74 Å². The number of imide groups is 1. The lowest BCUT2D eigenvalue weighted by Gasteiger charge is -2.07. The van der Waals surface area contributed by atoms with Crippen LogP contribution in [0, 0.1) is 6.92 Å². The third kappa shape index (κ3) is 4.12. The molecule has 1 heterocycles. The van der Waals surface area contributed by atoms with Crippen LogP contribution in [0.3, 0.4) is 0 Å². The molecule has 4 nitrogen and oxygen atoms in total. The number of nitrogens with zero attached hydrogens (tertiary/aromatic N) is 1. The van der Waals surface area contributed by atoms with Crippen molar-refractivity contribution in [2.24, 2.45) is 0 Å². The van der Waals surface area contributed by atoms with Gasteiger partial charge in [0, 0.05) is 6.54 Å². The molecule has 0 saturated carbocycles. The van der Waals surface area contributed by atoms with Crippen LogP contribution in [0.25, 0.3) is 6.08 Å². The summed E-state index contributed by atoms with van der Waals surface area (Å²) in [5.74, 6) is 0.539. The van der Waals surface area contributed by atoms with Crippen LogP contribution in [-0.2, 0) is 11.4 Å². The van der Waals surface area contributed by atoms with Crippen LogP contribution in [0.1, 0.15) is 23.6 Å². The standard InChI is InChI=1S/C20H19NO3S/c1-3-21-19(22)18(25-20(21)23)12-15-8-10-17(11-9-15)24-13-16-6-4-14(2)5-7-16/h4-12H,3,13H2,1-2H3. The number of ether oxygens (including phenoxy) is 1. The number of benzene rings is 2. The van der Waals surface area contributed by atoms with Crippen molar-refractivity contribution in [1.29, 1.82) is 0 Å². The number of rotatable bonds is 5. The molecule has 0 unspecified atom stereocenters. The van der Waals surface area contributed by atoms with Gasteiger partial charge in [0.2, 0.25) is 0 Å². The predicted molar refractivity (Wildman–Crippen MR) is 100 cm³/mol. The second-order valence-electron chi connectivity index (χ2n) is 5.77. The van der Waals surface area contributed by atoms with Crippen molar-refractivity contribution in [3.05, 3.63) is 70.1 Å². The summed E-state index contributed by atoms with van der Waals surface area (Å²) in [7, 11) is 0. The highest BCUT2D eigenvalue weighted by Crippen LogP contribution is 2.32. The lowest BCUT2D eigenvalue weighted by atomic mass is 10.1. The van der Waals surface area contributed by atoms with Gasteiger partial charge in [0.25, 0.3) is 11.1 Å². The molecule has 0 aromatic heterocycles. The molecule has 1 saturated heterocycles. The van der Waals surface area contributed by atoms with Gasteiger partial charge in [-0.2, -0.15) is 0 Å². The molecule has 0 aliphatic carbocycles. The summed E-state index contributed by atoms with van der Waals surface area (Å²) in [6, 6.07) is 15.7. The fourth-order valence-corrected chi connectivity index (χ4v) is 3.34. The number of carbonyl (C=O) groups is 2. The number of hydrogen-bond acceptors (Lipinski definition) is 4. The summed E-state index contributed by atoms with van der Waals surface area (Å²) in [6.45, 7) is 4.75. The summed E-state index contributed by atoms with van der Waals surface area (Å²) >= 11 is 0.981. The molecule has 1 aliphatic rings. The summed E-state index contributed by atoms with van der Waals surface area (Å²) in [5.41, 5.74) is 3.20. The fraction of sp³-hybridized carbons (Fsp3) is 0.200. The highest BCUT2D eigenvalue weighted by Gasteiger charge is 2.33. The molecule has 2 aromatic rings. The fourth-order valence-electron chi connectivity index (χ4n) is 2.44. The Labute approximate surface area is 151 Å². The molecule has 2 aromatic carbocycles. The van der Waals surface area contributed by atoms with E-state index >= 15 is 0 Å². The number of hydrogen-bond donors (Lipinski definition) is 0. The molecule has 25 heavy (non-hydrogen) atoms. The minimum absolute atomic E-state index is 0.211. The maximum atomic E-state index is 12.1. The van der Waals surface area contributed by atoms with Gasteiger partial charge >= 0.3 is 0 Å². The predicted octanol–water partition coefficient (Wildman–Crippen LogP) is 4.63. The van der Waals surface area contributed by atoms with E-state index in [1.807, 2.05) is 36.4 Å². The van der Waals surface area contributed by atoms with Crippen molar-refractivity contribution in [3.63, 3.8) is 0 Å². The normalized spacial score (nSPS) is 15.9. The largest absolute Gasteiger partial charge is 0.489 e. The molecule has 0 bridgehead atoms. The quantitative estimate of drug-likeness (QED) is 0.735. The maximum Gasteiger partial charge on any atom is 0.293 e. The van der Waals surface area contributed by atoms with Crippen molar-refractivity contribution < 1.29 is 14.3 Å². The molecule has 0 N–H and O–H groups in total. The molecule has 0 atom stereocenters. The number of amides is 2. The highest BCUT2D eigenvalue weighted by atomic mass is 32.2. The molecule has 1 aliphatic heterocycles. The Kier molecular flexibility index (Phi) is 5.24. The lowest BCUT2D eigenvalue weighted by molar-refractivity contribution is -0.122. The summed E-state index contributed by atoms with van der Waals surface area (Å²) < 4.78 is 5.77. The third-order valence-corrected chi connectivity index (χ3v) is 4.80. The van der Waals surface area contributed by atoms with Gasteiger partial charge in [-0.3, -0.25) is 14.5 Å². The van der Waals surface area contributed by atoms with E-state index < -0.39 is 0 Å². The van der Waals surface area contributed by atoms with E-state index in [9.17, 15) is 9.59 Å². The third-order valence-electron chi connectivity index (χ3n) is 3.89. The van der Waals surface area contributed by atoms with Crippen molar-refractivity contribution in [3.8, 4) is 5.75 Å². The van der Waals surface area contributed by atoms with Crippen LogP contribution in [0.5, 0.6) is 5.75 Å². The maximum absolute atomic E-state index is 12.1. The Balaban J connectivity index is 1.64.